The summed E-state index contributed by atoms with van der Waals surface area (Å²) in [4.78, 5) is 13.7. The minimum atomic E-state index is -0.0141. The lowest BCUT2D eigenvalue weighted by Crippen LogP contribution is -2.41. The van der Waals surface area contributed by atoms with Crippen molar-refractivity contribution in [1.82, 2.24) is 10.2 Å². The predicted octanol–water partition coefficient (Wildman–Crippen LogP) is 0.189. The average Bonchev–Trinajstić information content (AvgIpc) is 2.77. The van der Waals surface area contributed by atoms with Gasteiger partial charge in [-0.1, -0.05) is 0 Å². The number of carbonyl (C=O) groups excluding carboxylic acids is 1. The van der Waals surface area contributed by atoms with E-state index in [1.807, 2.05) is 11.8 Å². The molecule has 0 aromatic heterocycles. The molecule has 2 rings (SSSR count). The molecule has 2 aliphatic heterocycles. The Kier molecular flexibility index (Phi) is 2.74. The van der Waals surface area contributed by atoms with Crippen LogP contribution in [0.2, 0.25) is 0 Å². The molecule has 3 unspecified atom stereocenters. The Morgan fingerprint density at radius 2 is 2.43 bits per heavy atom. The van der Waals surface area contributed by atoms with Crippen molar-refractivity contribution in [2.75, 3.05) is 19.9 Å². The highest BCUT2D eigenvalue weighted by Crippen LogP contribution is 2.22. The normalized spacial score (nSPS) is 35.3. The fourth-order valence-electron chi connectivity index (χ4n) is 2.18. The summed E-state index contributed by atoms with van der Waals surface area (Å²) in [5.41, 5.74) is 0. The van der Waals surface area contributed by atoms with Gasteiger partial charge in [-0.2, -0.15) is 0 Å². The van der Waals surface area contributed by atoms with Gasteiger partial charge in [0.2, 0.25) is 5.91 Å². The Bertz CT molecular complexity index is 226. The van der Waals surface area contributed by atoms with E-state index in [1.165, 1.54) is 0 Å². The number of rotatable bonds is 2. The molecule has 80 valence electrons. The van der Waals surface area contributed by atoms with Gasteiger partial charge in [0.1, 0.15) is 0 Å². The second-order valence-electron chi connectivity index (χ2n) is 4.26. The van der Waals surface area contributed by atoms with E-state index in [4.69, 9.17) is 4.74 Å². The summed E-state index contributed by atoms with van der Waals surface area (Å²) in [5, 5.41) is 3.16. The Balaban J connectivity index is 1.97. The van der Waals surface area contributed by atoms with E-state index in [-0.39, 0.29) is 11.9 Å². The Morgan fingerprint density at radius 1 is 1.64 bits per heavy atom. The van der Waals surface area contributed by atoms with Crippen LogP contribution in [-0.2, 0) is 9.53 Å². The maximum atomic E-state index is 11.7. The molecule has 0 aromatic rings. The summed E-state index contributed by atoms with van der Waals surface area (Å²) in [6.45, 7) is 6.38. The monoisotopic (exact) mass is 198 g/mol. The molecule has 4 heteroatoms. The van der Waals surface area contributed by atoms with E-state index in [1.54, 1.807) is 0 Å². The van der Waals surface area contributed by atoms with Gasteiger partial charge < -0.3 is 9.64 Å². The van der Waals surface area contributed by atoms with Gasteiger partial charge in [0, 0.05) is 18.6 Å². The summed E-state index contributed by atoms with van der Waals surface area (Å²) in [5.74, 6) is 0.746. The SMILES string of the molecule is CC1NCN(C(C)C2CCOC2)C1=O. The van der Waals surface area contributed by atoms with Crippen LogP contribution in [-0.4, -0.2) is 42.8 Å². The number of ether oxygens (including phenoxy) is 1. The molecule has 3 atom stereocenters. The first-order chi connectivity index (χ1) is 6.70. The van der Waals surface area contributed by atoms with E-state index < -0.39 is 0 Å². The topological polar surface area (TPSA) is 41.6 Å². The molecule has 0 aromatic carbocycles. The van der Waals surface area contributed by atoms with Crippen LogP contribution >= 0.6 is 0 Å². The van der Waals surface area contributed by atoms with Crippen LogP contribution in [0.4, 0.5) is 0 Å². The summed E-state index contributed by atoms with van der Waals surface area (Å²) < 4.78 is 5.34. The molecule has 4 nitrogen and oxygen atoms in total. The smallest absolute Gasteiger partial charge is 0.240 e. The Labute approximate surface area is 84.6 Å². The van der Waals surface area contributed by atoms with E-state index in [0.29, 0.717) is 18.6 Å². The number of hydrogen-bond donors (Lipinski definition) is 1. The zero-order valence-electron chi connectivity index (χ0n) is 8.82. The second-order valence-corrected chi connectivity index (χ2v) is 4.26. The van der Waals surface area contributed by atoms with E-state index in [0.717, 1.165) is 19.6 Å². The van der Waals surface area contributed by atoms with Gasteiger partial charge in [-0.25, -0.2) is 0 Å². The van der Waals surface area contributed by atoms with Crippen molar-refractivity contribution in [3.8, 4) is 0 Å². The lowest BCUT2D eigenvalue weighted by molar-refractivity contribution is -0.131. The molecule has 2 heterocycles. The van der Waals surface area contributed by atoms with Crippen molar-refractivity contribution in [3.63, 3.8) is 0 Å². The Morgan fingerprint density at radius 3 is 2.93 bits per heavy atom. The highest BCUT2D eigenvalue weighted by molar-refractivity contribution is 5.83. The highest BCUT2D eigenvalue weighted by atomic mass is 16.5. The molecule has 0 radical (unpaired) electrons. The van der Waals surface area contributed by atoms with Gasteiger partial charge in [0.05, 0.1) is 19.3 Å². The molecule has 14 heavy (non-hydrogen) atoms. The van der Waals surface area contributed by atoms with Gasteiger partial charge in [-0.3, -0.25) is 10.1 Å². The summed E-state index contributed by atoms with van der Waals surface area (Å²) in [6.07, 6.45) is 1.08. The van der Waals surface area contributed by atoms with Crippen LogP contribution in [0.1, 0.15) is 20.3 Å². The van der Waals surface area contributed by atoms with Crippen molar-refractivity contribution in [2.24, 2.45) is 5.92 Å². The maximum Gasteiger partial charge on any atom is 0.240 e. The molecule has 1 N–H and O–H groups in total. The van der Waals surface area contributed by atoms with Crippen LogP contribution in [0.5, 0.6) is 0 Å². The van der Waals surface area contributed by atoms with Crippen LogP contribution in [0.15, 0.2) is 0 Å². The fraction of sp³-hybridized carbons (Fsp3) is 0.900. The largest absolute Gasteiger partial charge is 0.381 e. The average molecular weight is 198 g/mol. The van der Waals surface area contributed by atoms with Crippen molar-refractivity contribution in [3.05, 3.63) is 0 Å². The molecule has 2 fully saturated rings. The third-order valence-corrected chi connectivity index (χ3v) is 3.36. The zero-order valence-corrected chi connectivity index (χ0v) is 8.82. The number of hydrogen-bond acceptors (Lipinski definition) is 3. The quantitative estimate of drug-likeness (QED) is 0.688. The lowest BCUT2D eigenvalue weighted by Gasteiger charge is -2.27. The standard InChI is InChI=1S/C10H18N2O2/c1-7-10(13)12(6-11-7)8(2)9-3-4-14-5-9/h7-9,11H,3-6H2,1-2H3. The molecule has 2 saturated heterocycles. The third kappa shape index (κ3) is 1.64. The number of nitrogens with one attached hydrogen (secondary N) is 1. The summed E-state index contributed by atoms with van der Waals surface area (Å²) in [7, 11) is 0. The van der Waals surface area contributed by atoms with Crippen molar-refractivity contribution in [2.45, 2.75) is 32.4 Å². The van der Waals surface area contributed by atoms with Crippen molar-refractivity contribution < 1.29 is 9.53 Å². The minimum Gasteiger partial charge on any atom is -0.381 e. The van der Waals surface area contributed by atoms with E-state index in [2.05, 4.69) is 12.2 Å². The molecular formula is C10H18N2O2. The predicted molar refractivity (Wildman–Crippen MR) is 52.7 cm³/mol. The van der Waals surface area contributed by atoms with Crippen LogP contribution in [0, 0.1) is 5.92 Å². The molecule has 0 bridgehead atoms. The molecule has 2 aliphatic rings. The first kappa shape index (κ1) is 9.93. The van der Waals surface area contributed by atoms with Crippen LogP contribution < -0.4 is 5.32 Å². The first-order valence-electron chi connectivity index (χ1n) is 5.31. The summed E-state index contributed by atoms with van der Waals surface area (Å²) >= 11 is 0. The third-order valence-electron chi connectivity index (χ3n) is 3.36. The summed E-state index contributed by atoms with van der Waals surface area (Å²) in [6, 6.07) is 0.294. The highest BCUT2D eigenvalue weighted by Gasteiger charge is 2.35. The molecule has 1 amide bonds. The molecule has 0 spiro atoms. The number of carbonyl (C=O) groups is 1. The fourth-order valence-corrected chi connectivity index (χ4v) is 2.18. The van der Waals surface area contributed by atoms with Crippen LogP contribution in [0.3, 0.4) is 0 Å². The van der Waals surface area contributed by atoms with Crippen LogP contribution in [0.25, 0.3) is 0 Å². The first-order valence-corrected chi connectivity index (χ1v) is 5.31. The molecule has 0 aliphatic carbocycles. The zero-order chi connectivity index (χ0) is 10.1. The van der Waals surface area contributed by atoms with Gasteiger partial charge in [-0.15, -0.1) is 0 Å². The van der Waals surface area contributed by atoms with Gasteiger partial charge in [0.15, 0.2) is 0 Å². The number of amides is 1. The van der Waals surface area contributed by atoms with Crippen molar-refractivity contribution >= 4 is 5.91 Å². The van der Waals surface area contributed by atoms with E-state index >= 15 is 0 Å². The van der Waals surface area contributed by atoms with Gasteiger partial charge in [-0.05, 0) is 20.3 Å². The molecular weight excluding hydrogens is 180 g/mol. The van der Waals surface area contributed by atoms with E-state index in [9.17, 15) is 4.79 Å². The van der Waals surface area contributed by atoms with Gasteiger partial charge in [0.25, 0.3) is 0 Å². The Hall–Kier alpha value is -0.610. The van der Waals surface area contributed by atoms with Gasteiger partial charge >= 0.3 is 0 Å². The maximum absolute atomic E-state index is 11.7. The minimum absolute atomic E-state index is 0.0141. The van der Waals surface area contributed by atoms with Crippen molar-refractivity contribution in [1.29, 1.82) is 0 Å². The number of nitrogens with zero attached hydrogens (tertiary/aromatic N) is 1. The lowest BCUT2D eigenvalue weighted by atomic mass is 9.99. The molecule has 0 saturated carbocycles. The second kappa shape index (κ2) is 3.87.